The van der Waals surface area contributed by atoms with Gasteiger partial charge in [0.2, 0.25) is 21.8 Å². The molecule has 0 aliphatic heterocycles. The molecule has 3 aromatic rings. The van der Waals surface area contributed by atoms with Gasteiger partial charge < -0.3 is 10.2 Å². The van der Waals surface area contributed by atoms with Crippen LogP contribution < -0.4 is 9.62 Å². The van der Waals surface area contributed by atoms with Gasteiger partial charge in [-0.15, -0.1) is 0 Å². The second-order valence-electron chi connectivity index (χ2n) is 9.02. The third-order valence-corrected chi connectivity index (χ3v) is 8.31. The lowest BCUT2D eigenvalue weighted by atomic mass is 10.0. The fourth-order valence-electron chi connectivity index (χ4n) is 4.01. The van der Waals surface area contributed by atoms with Crippen LogP contribution in [0.5, 0.6) is 0 Å². The highest BCUT2D eigenvalue weighted by Crippen LogP contribution is 2.29. The molecule has 0 bridgehead atoms. The summed E-state index contributed by atoms with van der Waals surface area (Å²) < 4.78 is 27.4. The predicted molar refractivity (Wildman–Crippen MR) is 161 cm³/mol. The van der Waals surface area contributed by atoms with Crippen molar-refractivity contribution in [3.05, 3.63) is 98.4 Å². The van der Waals surface area contributed by atoms with Crippen molar-refractivity contribution in [2.24, 2.45) is 0 Å². The third kappa shape index (κ3) is 8.96. The van der Waals surface area contributed by atoms with E-state index in [-0.39, 0.29) is 34.6 Å². The molecule has 0 radical (unpaired) electrons. The summed E-state index contributed by atoms with van der Waals surface area (Å²) in [5, 5.41) is 3.32. The number of amides is 2. The lowest BCUT2D eigenvalue weighted by Crippen LogP contribution is -2.53. The van der Waals surface area contributed by atoms with Gasteiger partial charge in [-0.3, -0.25) is 13.9 Å². The van der Waals surface area contributed by atoms with E-state index in [4.69, 9.17) is 23.2 Å². The molecule has 0 aliphatic carbocycles. The number of hydrogen-bond donors (Lipinski definition) is 1. The van der Waals surface area contributed by atoms with Crippen LogP contribution in [0, 0.1) is 0 Å². The zero-order chi connectivity index (χ0) is 28.6. The number of anilines is 1. The van der Waals surface area contributed by atoms with E-state index in [0.717, 1.165) is 32.6 Å². The molecule has 2 amide bonds. The number of nitrogens with one attached hydrogen (secondary N) is 1. The van der Waals surface area contributed by atoms with Gasteiger partial charge in [-0.2, -0.15) is 0 Å². The molecule has 0 unspecified atom stereocenters. The fourth-order valence-corrected chi connectivity index (χ4v) is 5.59. The monoisotopic (exact) mass is 653 g/mol. The molecule has 0 fully saturated rings. The van der Waals surface area contributed by atoms with Crippen molar-refractivity contribution in [3.8, 4) is 0 Å². The molecule has 39 heavy (non-hydrogen) atoms. The van der Waals surface area contributed by atoms with Crippen LogP contribution >= 0.6 is 39.1 Å². The number of benzene rings is 3. The minimum absolute atomic E-state index is 0.0916. The summed E-state index contributed by atoms with van der Waals surface area (Å²) in [4.78, 5) is 28.9. The van der Waals surface area contributed by atoms with Gasteiger partial charge in [0.25, 0.3) is 0 Å². The van der Waals surface area contributed by atoms with Crippen LogP contribution in [-0.4, -0.2) is 50.5 Å². The van der Waals surface area contributed by atoms with E-state index in [2.05, 4.69) is 21.2 Å². The molecule has 1 N–H and O–H groups in total. The molecule has 0 aromatic heterocycles. The summed E-state index contributed by atoms with van der Waals surface area (Å²) in [5.41, 5.74) is 1.84. The number of nitrogens with zero attached hydrogens (tertiary/aromatic N) is 2. The summed E-state index contributed by atoms with van der Waals surface area (Å²) in [7, 11) is -3.90. The Bertz CT molecular complexity index is 1410. The van der Waals surface area contributed by atoms with Gasteiger partial charge in [-0.05, 0) is 47.9 Å². The molecule has 3 rings (SSSR count). The summed E-state index contributed by atoms with van der Waals surface area (Å²) in [5.74, 6) is -0.858. The number of hydrogen-bond acceptors (Lipinski definition) is 4. The number of rotatable bonds is 12. The van der Waals surface area contributed by atoms with Crippen LogP contribution in [0.25, 0.3) is 0 Å². The molecule has 3 aromatic carbocycles. The van der Waals surface area contributed by atoms with E-state index in [0.29, 0.717) is 6.54 Å². The molecule has 0 saturated carbocycles. The Morgan fingerprint density at radius 2 is 1.64 bits per heavy atom. The molecule has 7 nitrogen and oxygen atoms in total. The van der Waals surface area contributed by atoms with Crippen LogP contribution in [0.15, 0.2) is 77.3 Å². The maximum atomic E-state index is 14.0. The summed E-state index contributed by atoms with van der Waals surface area (Å²) in [6.45, 7) is 1.95. The van der Waals surface area contributed by atoms with Gasteiger partial charge in [0, 0.05) is 24.0 Å². The van der Waals surface area contributed by atoms with Crippen LogP contribution in [0.4, 0.5) is 5.69 Å². The van der Waals surface area contributed by atoms with Crippen molar-refractivity contribution in [2.75, 3.05) is 23.7 Å². The minimum atomic E-state index is -3.90. The third-order valence-electron chi connectivity index (χ3n) is 5.93. The normalized spacial score (nSPS) is 12.0. The van der Waals surface area contributed by atoms with E-state index < -0.39 is 28.5 Å². The van der Waals surface area contributed by atoms with Crippen molar-refractivity contribution in [1.29, 1.82) is 0 Å². The topological polar surface area (TPSA) is 86.8 Å². The molecule has 0 aliphatic rings. The molecule has 1 atom stereocenters. The average Bonchev–Trinajstić information content (AvgIpc) is 2.89. The minimum Gasteiger partial charge on any atom is -0.354 e. The van der Waals surface area contributed by atoms with E-state index >= 15 is 0 Å². The average molecular weight is 655 g/mol. The molecule has 0 spiro atoms. The molecule has 0 heterocycles. The number of halogens is 3. The first-order valence-corrected chi connectivity index (χ1v) is 15.7. The maximum Gasteiger partial charge on any atom is 0.244 e. The van der Waals surface area contributed by atoms with Crippen molar-refractivity contribution >= 4 is 66.7 Å². The summed E-state index contributed by atoms with van der Waals surface area (Å²) >= 11 is 15.6. The summed E-state index contributed by atoms with van der Waals surface area (Å²) in [6, 6.07) is 20.3. The lowest BCUT2D eigenvalue weighted by Gasteiger charge is -2.33. The van der Waals surface area contributed by atoms with Gasteiger partial charge in [-0.1, -0.05) is 88.5 Å². The highest BCUT2D eigenvalue weighted by atomic mass is 79.9. The largest absolute Gasteiger partial charge is 0.354 e. The first kappa shape index (κ1) is 30.9. The molecular formula is C28H30BrCl2N3O4S. The van der Waals surface area contributed by atoms with Crippen LogP contribution in [0.2, 0.25) is 10.0 Å². The fraction of sp³-hybridized carbons (Fsp3) is 0.286. The smallest absolute Gasteiger partial charge is 0.244 e. The second-order valence-corrected chi connectivity index (χ2v) is 12.7. The Balaban J connectivity index is 2.05. The van der Waals surface area contributed by atoms with Crippen molar-refractivity contribution in [1.82, 2.24) is 10.2 Å². The van der Waals surface area contributed by atoms with Gasteiger partial charge in [-0.25, -0.2) is 8.42 Å². The quantitative estimate of drug-likeness (QED) is 0.272. The molecule has 0 saturated heterocycles. The van der Waals surface area contributed by atoms with Gasteiger partial charge in [0.1, 0.15) is 12.6 Å². The van der Waals surface area contributed by atoms with E-state index in [1.54, 1.807) is 0 Å². The Kier molecular flexibility index (Phi) is 11.2. The zero-order valence-electron chi connectivity index (χ0n) is 21.6. The Labute approximate surface area is 248 Å². The van der Waals surface area contributed by atoms with Crippen LogP contribution in [0.1, 0.15) is 24.5 Å². The van der Waals surface area contributed by atoms with E-state index in [1.807, 2.05) is 61.5 Å². The van der Waals surface area contributed by atoms with Gasteiger partial charge in [0.15, 0.2) is 0 Å². The van der Waals surface area contributed by atoms with Crippen LogP contribution in [-0.2, 0) is 32.6 Å². The van der Waals surface area contributed by atoms with Gasteiger partial charge >= 0.3 is 0 Å². The maximum absolute atomic E-state index is 14.0. The lowest BCUT2D eigenvalue weighted by molar-refractivity contribution is -0.140. The number of sulfonamides is 1. The number of carbonyl (C=O) groups is 2. The van der Waals surface area contributed by atoms with Gasteiger partial charge in [0.05, 0.1) is 22.0 Å². The standard InChI is InChI=1S/C28H30BrCl2N3O4S/c1-3-14-32-28(36)26(16-20-8-5-4-6-9-20)33(18-21-10-7-11-22(29)15-21)27(35)19-34(39(2,37)38)23-12-13-24(30)25(31)17-23/h4-13,15,17,26H,3,14,16,18-19H2,1-2H3,(H,32,36)/t26-/m0/s1. The van der Waals surface area contributed by atoms with Crippen molar-refractivity contribution in [3.63, 3.8) is 0 Å². The Hall–Kier alpha value is -2.59. The highest BCUT2D eigenvalue weighted by molar-refractivity contribution is 9.10. The number of carbonyl (C=O) groups excluding carboxylic acids is 2. The van der Waals surface area contributed by atoms with E-state index in [1.165, 1.54) is 23.1 Å². The van der Waals surface area contributed by atoms with E-state index in [9.17, 15) is 18.0 Å². The first-order valence-electron chi connectivity index (χ1n) is 12.3. The molecule has 208 valence electrons. The van der Waals surface area contributed by atoms with Crippen molar-refractivity contribution < 1.29 is 18.0 Å². The van der Waals surface area contributed by atoms with Crippen molar-refractivity contribution in [2.45, 2.75) is 32.4 Å². The Morgan fingerprint density at radius 1 is 0.949 bits per heavy atom. The molecule has 11 heteroatoms. The SMILES string of the molecule is CCCNC(=O)[C@H](Cc1ccccc1)N(Cc1cccc(Br)c1)C(=O)CN(c1ccc(Cl)c(Cl)c1)S(C)(=O)=O. The summed E-state index contributed by atoms with van der Waals surface area (Å²) in [6.07, 6.45) is 1.99. The highest BCUT2D eigenvalue weighted by Gasteiger charge is 2.33. The second kappa shape index (κ2) is 14.2. The Morgan fingerprint density at radius 3 is 2.26 bits per heavy atom. The van der Waals surface area contributed by atoms with Crippen LogP contribution in [0.3, 0.4) is 0 Å². The first-order chi connectivity index (χ1) is 18.5. The predicted octanol–water partition coefficient (Wildman–Crippen LogP) is 5.69. The molecular weight excluding hydrogens is 625 g/mol. The zero-order valence-corrected chi connectivity index (χ0v) is 25.5.